The lowest BCUT2D eigenvalue weighted by Crippen LogP contribution is -2.28. The molecule has 4 nitrogen and oxygen atoms in total. The largest absolute Gasteiger partial charge is 0.468 e. The molecule has 0 aliphatic rings. The van der Waals surface area contributed by atoms with Crippen molar-refractivity contribution < 1.29 is 18.0 Å². The summed E-state index contributed by atoms with van der Waals surface area (Å²) in [6, 6.07) is 6.87. The zero-order valence-electron chi connectivity index (χ0n) is 9.95. The number of benzene rings is 1. The van der Waals surface area contributed by atoms with Crippen LogP contribution in [0.15, 0.2) is 41.0 Å². The van der Waals surface area contributed by atoms with E-state index in [-0.39, 0.29) is 6.54 Å². The fourth-order valence-corrected chi connectivity index (χ4v) is 1.51. The highest BCUT2D eigenvalue weighted by atomic mass is 19.1. The van der Waals surface area contributed by atoms with Crippen molar-refractivity contribution in [2.24, 2.45) is 0 Å². The average Bonchev–Trinajstić information content (AvgIpc) is 2.87. The first-order valence-corrected chi connectivity index (χ1v) is 5.64. The molecular formula is C13H12F2N2O2. The molecule has 0 saturated heterocycles. The highest BCUT2D eigenvalue weighted by Crippen LogP contribution is 2.17. The molecule has 0 radical (unpaired) electrons. The number of furan rings is 1. The quantitative estimate of drug-likeness (QED) is 0.873. The molecular weight excluding hydrogens is 254 g/mol. The summed E-state index contributed by atoms with van der Waals surface area (Å²) >= 11 is 0. The van der Waals surface area contributed by atoms with E-state index in [2.05, 4.69) is 10.6 Å². The third kappa shape index (κ3) is 3.62. The van der Waals surface area contributed by atoms with E-state index in [1.54, 1.807) is 12.1 Å². The Kier molecular flexibility index (Phi) is 4.25. The van der Waals surface area contributed by atoms with Gasteiger partial charge in [0.2, 0.25) is 5.91 Å². The summed E-state index contributed by atoms with van der Waals surface area (Å²) in [7, 11) is 0. The molecule has 19 heavy (non-hydrogen) atoms. The van der Waals surface area contributed by atoms with E-state index in [9.17, 15) is 13.6 Å². The smallest absolute Gasteiger partial charge is 0.238 e. The Bertz CT molecular complexity index is 536. The molecule has 0 aliphatic heterocycles. The standard InChI is InChI=1S/C13H12F2N2O2/c14-10-4-1-5-11(15)13(10)17-12(18)8-16-7-9-3-2-6-19-9/h1-6,16H,7-8H2,(H,17,18). The molecule has 1 aromatic carbocycles. The van der Waals surface area contributed by atoms with Gasteiger partial charge in [0.15, 0.2) is 0 Å². The van der Waals surface area contributed by atoms with E-state index >= 15 is 0 Å². The predicted molar refractivity (Wildman–Crippen MR) is 65.4 cm³/mol. The number of rotatable bonds is 5. The Labute approximate surface area is 108 Å². The van der Waals surface area contributed by atoms with Crippen molar-refractivity contribution >= 4 is 11.6 Å². The zero-order chi connectivity index (χ0) is 13.7. The van der Waals surface area contributed by atoms with Crippen LogP contribution in [-0.4, -0.2) is 12.5 Å². The van der Waals surface area contributed by atoms with Crippen LogP contribution >= 0.6 is 0 Å². The fraction of sp³-hybridized carbons (Fsp3) is 0.154. The lowest BCUT2D eigenvalue weighted by atomic mass is 10.3. The van der Waals surface area contributed by atoms with Crippen LogP contribution in [0.2, 0.25) is 0 Å². The maximum atomic E-state index is 13.3. The van der Waals surface area contributed by atoms with Crippen molar-refractivity contribution in [2.45, 2.75) is 6.54 Å². The van der Waals surface area contributed by atoms with Gasteiger partial charge in [-0.05, 0) is 24.3 Å². The Morgan fingerprint density at radius 1 is 1.16 bits per heavy atom. The Morgan fingerprint density at radius 3 is 2.53 bits per heavy atom. The van der Waals surface area contributed by atoms with Crippen LogP contribution in [0.1, 0.15) is 5.76 Å². The summed E-state index contributed by atoms with van der Waals surface area (Å²) < 4.78 is 31.6. The molecule has 0 bridgehead atoms. The second-order valence-electron chi connectivity index (χ2n) is 3.83. The van der Waals surface area contributed by atoms with Gasteiger partial charge < -0.3 is 15.1 Å². The highest BCUT2D eigenvalue weighted by Gasteiger charge is 2.11. The second kappa shape index (κ2) is 6.10. The third-order valence-corrected chi connectivity index (χ3v) is 2.39. The molecule has 2 rings (SSSR count). The molecule has 2 aromatic rings. The van der Waals surface area contributed by atoms with Crippen LogP contribution in [0.3, 0.4) is 0 Å². The van der Waals surface area contributed by atoms with E-state index in [1.807, 2.05) is 0 Å². The molecule has 1 heterocycles. The summed E-state index contributed by atoms with van der Waals surface area (Å²) in [5, 5.41) is 4.97. The van der Waals surface area contributed by atoms with Gasteiger partial charge in [0.25, 0.3) is 0 Å². The number of halogens is 2. The first kappa shape index (κ1) is 13.2. The lowest BCUT2D eigenvalue weighted by Gasteiger charge is -2.07. The van der Waals surface area contributed by atoms with E-state index in [1.165, 1.54) is 12.3 Å². The van der Waals surface area contributed by atoms with Crippen LogP contribution in [0.4, 0.5) is 14.5 Å². The number of carbonyl (C=O) groups excluding carboxylic acids is 1. The van der Waals surface area contributed by atoms with Gasteiger partial charge >= 0.3 is 0 Å². The zero-order valence-corrected chi connectivity index (χ0v) is 9.95. The molecule has 100 valence electrons. The predicted octanol–water partition coefficient (Wildman–Crippen LogP) is 2.29. The van der Waals surface area contributed by atoms with Crippen LogP contribution < -0.4 is 10.6 Å². The van der Waals surface area contributed by atoms with Crippen molar-refractivity contribution in [1.29, 1.82) is 0 Å². The van der Waals surface area contributed by atoms with Crippen molar-refractivity contribution in [1.82, 2.24) is 5.32 Å². The van der Waals surface area contributed by atoms with Crippen molar-refractivity contribution in [3.05, 3.63) is 54.0 Å². The number of nitrogens with one attached hydrogen (secondary N) is 2. The molecule has 0 spiro atoms. The first-order valence-electron chi connectivity index (χ1n) is 5.64. The lowest BCUT2D eigenvalue weighted by molar-refractivity contribution is -0.115. The summed E-state index contributed by atoms with van der Waals surface area (Å²) in [5.74, 6) is -1.47. The Balaban J connectivity index is 1.84. The van der Waals surface area contributed by atoms with Crippen molar-refractivity contribution in [3.8, 4) is 0 Å². The van der Waals surface area contributed by atoms with Gasteiger partial charge in [-0.25, -0.2) is 8.78 Å². The van der Waals surface area contributed by atoms with Gasteiger partial charge in [-0.15, -0.1) is 0 Å². The number of carbonyl (C=O) groups is 1. The van der Waals surface area contributed by atoms with E-state index in [0.29, 0.717) is 12.3 Å². The Hall–Kier alpha value is -2.21. The monoisotopic (exact) mass is 266 g/mol. The molecule has 0 atom stereocenters. The minimum Gasteiger partial charge on any atom is -0.468 e. The number of anilines is 1. The number of hydrogen-bond donors (Lipinski definition) is 2. The van der Waals surface area contributed by atoms with Crippen LogP contribution in [-0.2, 0) is 11.3 Å². The summed E-state index contributed by atoms with van der Waals surface area (Å²) in [6.45, 7) is 0.286. The summed E-state index contributed by atoms with van der Waals surface area (Å²) in [5.41, 5.74) is -0.438. The molecule has 0 fully saturated rings. The third-order valence-electron chi connectivity index (χ3n) is 2.39. The maximum Gasteiger partial charge on any atom is 0.238 e. The molecule has 0 aliphatic carbocycles. The molecule has 2 N–H and O–H groups in total. The number of hydrogen-bond acceptors (Lipinski definition) is 3. The molecule has 0 saturated carbocycles. The Morgan fingerprint density at radius 2 is 1.89 bits per heavy atom. The van der Waals surface area contributed by atoms with Crippen LogP contribution in [0.5, 0.6) is 0 Å². The van der Waals surface area contributed by atoms with Crippen LogP contribution in [0.25, 0.3) is 0 Å². The molecule has 1 amide bonds. The van der Waals surface area contributed by atoms with Gasteiger partial charge in [0, 0.05) is 0 Å². The molecule has 1 aromatic heterocycles. The highest BCUT2D eigenvalue weighted by molar-refractivity contribution is 5.92. The normalized spacial score (nSPS) is 10.4. The van der Waals surface area contributed by atoms with Gasteiger partial charge in [-0.3, -0.25) is 4.79 Å². The summed E-state index contributed by atoms with van der Waals surface area (Å²) in [6.07, 6.45) is 1.52. The SMILES string of the molecule is O=C(CNCc1ccco1)Nc1c(F)cccc1F. The van der Waals surface area contributed by atoms with Gasteiger partial charge in [0.05, 0.1) is 19.4 Å². The number of para-hydroxylation sites is 1. The minimum atomic E-state index is -0.806. The van der Waals surface area contributed by atoms with Gasteiger partial charge in [0.1, 0.15) is 23.1 Å². The summed E-state index contributed by atoms with van der Waals surface area (Å²) in [4.78, 5) is 11.5. The van der Waals surface area contributed by atoms with Gasteiger partial charge in [-0.1, -0.05) is 6.07 Å². The van der Waals surface area contributed by atoms with Crippen molar-refractivity contribution in [2.75, 3.05) is 11.9 Å². The average molecular weight is 266 g/mol. The van der Waals surface area contributed by atoms with Crippen molar-refractivity contribution in [3.63, 3.8) is 0 Å². The first-order chi connectivity index (χ1) is 9.16. The molecule has 0 unspecified atom stereocenters. The topological polar surface area (TPSA) is 54.3 Å². The van der Waals surface area contributed by atoms with E-state index in [4.69, 9.17) is 4.42 Å². The minimum absolute atomic E-state index is 0.0749. The van der Waals surface area contributed by atoms with Crippen LogP contribution in [0, 0.1) is 11.6 Å². The van der Waals surface area contributed by atoms with E-state index in [0.717, 1.165) is 12.1 Å². The fourth-order valence-electron chi connectivity index (χ4n) is 1.51. The molecule has 6 heteroatoms. The number of amides is 1. The van der Waals surface area contributed by atoms with Gasteiger partial charge in [-0.2, -0.15) is 0 Å². The second-order valence-corrected chi connectivity index (χ2v) is 3.83. The maximum absolute atomic E-state index is 13.3. The van der Waals surface area contributed by atoms with E-state index < -0.39 is 23.2 Å².